The van der Waals surface area contributed by atoms with E-state index in [1.807, 2.05) is 72.1 Å². The zero-order valence-corrected chi connectivity index (χ0v) is 25.9. The molecule has 5 nitrogen and oxygen atoms in total. The van der Waals surface area contributed by atoms with Crippen LogP contribution in [0.15, 0.2) is 70.2 Å². The summed E-state index contributed by atoms with van der Waals surface area (Å²) in [7, 11) is 0. The fourth-order valence-corrected chi connectivity index (χ4v) is 8.41. The average Bonchev–Trinajstić information content (AvgIpc) is 3.39. The van der Waals surface area contributed by atoms with Crippen molar-refractivity contribution >= 4 is 96.8 Å². The molecule has 10 heteroatoms. The maximum Gasteiger partial charge on any atom is 0.277 e. The fourth-order valence-electron chi connectivity index (χ4n) is 3.16. The second-order valence-corrected chi connectivity index (χ2v) is 13.4. The quantitative estimate of drug-likeness (QED) is 0.141. The normalized spacial score (nSPS) is 13.8. The first kappa shape index (κ1) is 27.1. The van der Waals surface area contributed by atoms with Gasteiger partial charge in [0.25, 0.3) is 5.91 Å². The average molecular weight is 795 g/mol. The molecule has 4 rings (SSSR count). The second-order valence-electron chi connectivity index (χ2n) is 7.45. The van der Waals surface area contributed by atoms with Crippen molar-refractivity contribution < 1.29 is 14.3 Å². The van der Waals surface area contributed by atoms with Crippen molar-refractivity contribution in [2.24, 2.45) is 5.10 Å². The zero-order valence-electron chi connectivity index (χ0n) is 18.4. The molecule has 0 bridgehead atoms. The van der Waals surface area contributed by atoms with Crippen molar-refractivity contribution in [2.45, 2.75) is 11.2 Å². The molecule has 0 aliphatic carbocycles. The number of halogens is 3. The first-order chi connectivity index (χ1) is 17.0. The predicted molar refractivity (Wildman–Crippen MR) is 166 cm³/mol. The van der Waals surface area contributed by atoms with E-state index in [1.54, 1.807) is 6.21 Å². The number of hydrogen-bond donors (Lipinski definition) is 1. The highest BCUT2D eigenvalue weighted by Crippen LogP contribution is 2.45. The highest BCUT2D eigenvalue weighted by molar-refractivity contribution is 14.1. The number of carbonyl (C=O) groups excluding carboxylic acids is 1. The Balaban J connectivity index is 1.25. The number of ether oxygens (including phenoxy) is 2. The van der Waals surface area contributed by atoms with E-state index in [0.717, 1.165) is 28.5 Å². The van der Waals surface area contributed by atoms with Crippen molar-refractivity contribution in [3.63, 3.8) is 0 Å². The molecule has 182 valence electrons. The molecule has 1 saturated heterocycles. The Morgan fingerprint density at radius 3 is 2.34 bits per heavy atom. The van der Waals surface area contributed by atoms with E-state index < -0.39 is 0 Å². The van der Waals surface area contributed by atoms with Gasteiger partial charge in [-0.05, 0) is 98.3 Å². The SMILES string of the molecule is O=C(COc1ccc(C2SCCS2)cc1)N/N=C\c1cc(I)c(OCc2ccc(Br)cc2)c(I)c1. The van der Waals surface area contributed by atoms with E-state index >= 15 is 0 Å². The summed E-state index contributed by atoms with van der Waals surface area (Å²) in [4.78, 5) is 12.1. The van der Waals surface area contributed by atoms with Gasteiger partial charge in [-0.2, -0.15) is 5.10 Å². The molecule has 0 unspecified atom stereocenters. The standard InChI is InChI=1S/C25H21BrI2N2O3S2/c26-19-5-1-16(2-6-19)14-33-24-21(27)11-17(12-22(24)28)13-29-30-23(31)15-32-20-7-3-18(4-8-20)25-34-9-10-35-25/h1-8,11-13,25H,9-10,14-15H2,(H,30,31)/b29-13-. The van der Waals surface area contributed by atoms with Crippen LogP contribution in [0.25, 0.3) is 0 Å². The molecule has 1 N–H and O–H groups in total. The fraction of sp³-hybridized carbons (Fsp3) is 0.200. The van der Waals surface area contributed by atoms with E-state index in [-0.39, 0.29) is 12.5 Å². The highest BCUT2D eigenvalue weighted by atomic mass is 127. The summed E-state index contributed by atoms with van der Waals surface area (Å²) < 4.78 is 15.1. The van der Waals surface area contributed by atoms with E-state index in [4.69, 9.17) is 9.47 Å². The number of hydrazone groups is 1. The second kappa shape index (κ2) is 13.5. The van der Waals surface area contributed by atoms with Crippen LogP contribution < -0.4 is 14.9 Å². The molecule has 0 spiro atoms. The smallest absolute Gasteiger partial charge is 0.277 e. The molecule has 1 aliphatic heterocycles. The minimum atomic E-state index is -0.314. The largest absolute Gasteiger partial charge is 0.487 e. The van der Waals surface area contributed by atoms with Crippen molar-refractivity contribution in [2.75, 3.05) is 18.1 Å². The first-order valence-corrected chi connectivity index (χ1v) is 15.7. The van der Waals surface area contributed by atoms with Crippen LogP contribution in [0.2, 0.25) is 0 Å². The Morgan fingerprint density at radius 2 is 1.69 bits per heavy atom. The number of thioether (sulfide) groups is 2. The summed E-state index contributed by atoms with van der Waals surface area (Å²) in [6.07, 6.45) is 1.62. The molecular weight excluding hydrogens is 774 g/mol. The van der Waals surface area contributed by atoms with E-state index in [0.29, 0.717) is 16.9 Å². The Morgan fingerprint density at radius 1 is 1.03 bits per heavy atom. The van der Waals surface area contributed by atoms with Crippen LogP contribution in [0.3, 0.4) is 0 Å². The Labute approximate surface area is 249 Å². The summed E-state index contributed by atoms with van der Waals surface area (Å²) in [5.41, 5.74) is 5.77. The number of hydrogen-bond acceptors (Lipinski definition) is 6. The Kier molecular flexibility index (Phi) is 10.5. The molecule has 3 aromatic carbocycles. The van der Waals surface area contributed by atoms with Gasteiger partial charge in [-0.25, -0.2) is 5.43 Å². The summed E-state index contributed by atoms with van der Waals surface area (Å²) in [5, 5.41) is 4.07. The van der Waals surface area contributed by atoms with Crippen molar-refractivity contribution in [3.05, 3.63) is 89.0 Å². The van der Waals surface area contributed by atoms with Gasteiger partial charge in [0.05, 0.1) is 17.9 Å². The van der Waals surface area contributed by atoms with E-state index in [9.17, 15) is 4.79 Å². The van der Waals surface area contributed by atoms with Gasteiger partial charge in [-0.15, -0.1) is 23.5 Å². The lowest BCUT2D eigenvalue weighted by atomic mass is 10.2. The molecule has 1 amide bonds. The number of amides is 1. The summed E-state index contributed by atoms with van der Waals surface area (Å²) in [6, 6.07) is 19.9. The van der Waals surface area contributed by atoms with Gasteiger partial charge in [0.15, 0.2) is 6.61 Å². The van der Waals surface area contributed by atoms with Crippen LogP contribution in [-0.4, -0.2) is 30.2 Å². The van der Waals surface area contributed by atoms with Gasteiger partial charge in [0.2, 0.25) is 0 Å². The lowest BCUT2D eigenvalue weighted by Crippen LogP contribution is -2.24. The molecule has 0 aromatic heterocycles. The molecule has 1 heterocycles. The first-order valence-electron chi connectivity index (χ1n) is 10.6. The third-order valence-electron chi connectivity index (χ3n) is 4.86. The molecule has 1 fully saturated rings. The molecule has 1 aliphatic rings. The van der Waals surface area contributed by atoms with Gasteiger partial charge in [-0.3, -0.25) is 4.79 Å². The third-order valence-corrected chi connectivity index (χ3v) is 10.1. The summed E-state index contributed by atoms with van der Waals surface area (Å²) in [6.45, 7) is 0.394. The molecule has 0 saturated carbocycles. The number of nitrogens with zero attached hydrogens (tertiary/aromatic N) is 1. The van der Waals surface area contributed by atoms with Crippen LogP contribution in [0.4, 0.5) is 0 Å². The molecule has 0 atom stereocenters. The van der Waals surface area contributed by atoms with Gasteiger partial charge in [-0.1, -0.05) is 40.2 Å². The monoisotopic (exact) mass is 794 g/mol. The Hall–Kier alpha value is -0.960. The molecule has 0 radical (unpaired) electrons. The van der Waals surface area contributed by atoms with Crippen LogP contribution in [-0.2, 0) is 11.4 Å². The summed E-state index contributed by atoms with van der Waals surface area (Å²) >= 11 is 11.9. The molecule has 3 aromatic rings. The maximum atomic E-state index is 12.1. The topological polar surface area (TPSA) is 59.9 Å². The number of carbonyl (C=O) groups is 1. The third kappa shape index (κ3) is 8.27. The highest BCUT2D eigenvalue weighted by Gasteiger charge is 2.18. The number of rotatable bonds is 9. The molecule has 35 heavy (non-hydrogen) atoms. The van der Waals surface area contributed by atoms with Crippen LogP contribution in [0, 0.1) is 7.14 Å². The van der Waals surface area contributed by atoms with Gasteiger partial charge < -0.3 is 9.47 Å². The number of nitrogens with one attached hydrogen (secondary N) is 1. The van der Waals surface area contributed by atoms with Crippen LogP contribution in [0.5, 0.6) is 11.5 Å². The number of benzene rings is 3. The van der Waals surface area contributed by atoms with Crippen molar-refractivity contribution in [1.29, 1.82) is 0 Å². The maximum absolute atomic E-state index is 12.1. The Bertz CT molecular complexity index is 1170. The summed E-state index contributed by atoms with van der Waals surface area (Å²) in [5.74, 6) is 3.57. The van der Waals surface area contributed by atoms with Crippen molar-refractivity contribution in [3.8, 4) is 11.5 Å². The van der Waals surface area contributed by atoms with Gasteiger partial charge in [0, 0.05) is 16.0 Å². The van der Waals surface area contributed by atoms with Crippen LogP contribution >= 0.6 is 84.6 Å². The molecular formula is C25H21BrI2N2O3S2. The lowest BCUT2D eigenvalue weighted by molar-refractivity contribution is -0.123. The minimum absolute atomic E-state index is 0.0957. The minimum Gasteiger partial charge on any atom is -0.487 e. The van der Waals surface area contributed by atoms with Crippen molar-refractivity contribution in [1.82, 2.24) is 5.43 Å². The zero-order chi connectivity index (χ0) is 24.6. The lowest BCUT2D eigenvalue weighted by Gasteiger charge is -2.11. The van der Waals surface area contributed by atoms with E-state index in [1.165, 1.54) is 17.1 Å². The van der Waals surface area contributed by atoms with Crippen LogP contribution in [0.1, 0.15) is 21.3 Å². The van der Waals surface area contributed by atoms with Gasteiger partial charge >= 0.3 is 0 Å². The predicted octanol–water partition coefficient (Wildman–Crippen LogP) is 7.25. The van der Waals surface area contributed by atoms with E-state index in [2.05, 4.69) is 83.8 Å². The van der Waals surface area contributed by atoms with Gasteiger partial charge in [0.1, 0.15) is 18.1 Å².